The van der Waals surface area contributed by atoms with Gasteiger partial charge in [-0.25, -0.2) is 4.98 Å². The van der Waals surface area contributed by atoms with Crippen LogP contribution in [0.5, 0.6) is 0 Å². The molecule has 0 aromatic carbocycles. The number of ether oxygens (including phenoxy) is 1. The SMILES string of the molecule is Cc1sc2ncn(CC(=O)OCC(=O)N[C@@](C)(C#N)C3CC3)c(=O)c2c1C. The number of esters is 1. The Balaban J connectivity index is 1.61. The van der Waals surface area contributed by atoms with Crippen LogP contribution in [0.15, 0.2) is 11.1 Å². The average molecular weight is 388 g/mol. The Hall–Kier alpha value is -2.73. The molecule has 1 aliphatic rings. The Bertz CT molecular complexity index is 1010. The fourth-order valence-corrected chi connectivity index (χ4v) is 3.91. The molecule has 142 valence electrons. The van der Waals surface area contributed by atoms with E-state index < -0.39 is 24.0 Å². The van der Waals surface area contributed by atoms with Gasteiger partial charge >= 0.3 is 5.97 Å². The van der Waals surface area contributed by atoms with E-state index in [1.807, 2.05) is 13.8 Å². The maximum absolute atomic E-state index is 12.6. The first-order valence-corrected chi connectivity index (χ1v) is 9.40. The van der Waals surface area contributed by atoms with Crippen LogP contribution in [0.4, 0.5) is 0 Å². The van der Waals surface area contributed by atoms with Crippen LogP contribution in [0.1, 0.15) is 30.2 Å². The highest BCUT2D eigenvalue weighted by atomic mass is 32.1. The molecule has 1 aliphatic carbocycles. The Kier molecular flexibility index (Phi) is 5.02. The molecule has 2 aromatic heterocycles. The number of fused-ring (bicyclic) bond motifs is 1. The van der Waals surface area contributed by atoms with Crippen molar-refractivity contribution in [2.75, 3.05) is 6.61 Å². The summed E-state index contributed by atoms with van der Waals surface area (Å²) in [7, 11) is 0. The van der Waals surface area contributed by atoms with Gasteiger partial charge in [0, 0.05) is 4.88 Å². The van der Waals surface area contributed by atoms with Gasteiger partial charge in [-0.1, -0.05) is 0 Å². The van der Waals surface area contributed by atoms with E-state index in [2.05, 4.69) is 16.4 Å². The minimum absolute atomic E-state index is 0.135. The molecule has 1 fully saturated rings. The second-order valence-electron chi connectivity index (χ2n) is 6.94. The van der Waals surface area contributed by atoms with Gasteiger partial charge in [-0.2, -0.15) is 5.26 Å². The molecule has 3 rings (SSSR count). The van der Waals surface area contributed by atoms with Crippen LogP contribution in [0.25, 0.3) is 10.2 Å². The first-order valence-electron chi connectivity index (χ1n) is 8.58. The molecule has 1 N–H and O–H groups in total. The molecule has 27 heavy (non-hydrogen) atoms. The molecule has 9 heteroatoms. The summed E-state index contributed by atoms with van der Waals surface area (Å²) in [5.74, 6) is -1.12. The molecule has 0 unspecified atom stereocenters. The van der Waals surface area contributed by atoms with Crippen molar-refractivity contribution in [2.24, 2.45) is 5.92 Å². The van der Waals surface area contributed by atoms with Crippen molar-refractivity contribution in [1.82, 2.24) is 14.9 Å². The van der Waals surface area contributed by atoms with E-state index in [4.69, 9.17) is 4.74 Å². The van der Waals surface area contributed by atoms with Crippen molar-refractivity contribution in [1.29, 1.82) is 5.26 Å². The number of hydrogen-bond acceptors (Lipinski definition) is 7. The lowest BCUT2D eigenvalue weighted by molar-refractivity contribution is -0.149. The third-order valence-electron chi connectivity index (χ3n) is 4.84. The van der Waals surface area contributed by atoms with Gasteiger partial charge in [0.1, 0.15) is 16.9 Å². The Morgan fingerprint density at radius 2 is 2.19 bits per heavy atom. The zero-order chi connectivity index (χ0) is 19.8. The van der Waals surface area contributed by atoms with Gasteiger partial charge < -0.3 is 10.1 Å². The minimum Gasteiger partial charge on any atom is -0.454 e. The van der Waals surface area contributed by atoms with E-state index in [0.29, 0.717) is 10.2 Å². The van der Waals surface area contributed by atoms with Gasteiger partial charge in [-0.05, 0) is 45.1 Å². The van der Waals surface area contributed by atoms with E-state index in [1.54, 1.807) is 6.92 Å². The summed E-state index contributed by atoms with van der Waals surface area (Å²) >= 11 is 1.43. The highest BCUT2D eigenvalue weighted by Crippen LogP contribution is 2.39. The zero-order valence-corrected chi connectivity index (χ0v) is 16.2. The van der Waals surface area contributed by atoms with Crippen LogP contribution < -0.4 is 10.9 Å². The number of hydrogen-bond donors (Lipinski definition) is 1. The molecule has 1 amide bonds. The maximum atomic E-state index is 12.6. The van der Waals surface area contributed by atoms with E-state index in [0.717, 1.165) is 23.3 Å². The van der Waals surface area contributed by atoms with Crippen LogP contribution in [0.3, 0.4) is 0 Å². The summed E-state index contributed by atoms with van der Waals surface area (Å²) < 4.78 is 6.13. The fraction of sp³-hybridized carbons (Fsp3) is 0.500. The Labute approximate surface area is 159 Å². The van der Waals surface area contributed by atoms with Gasteiger partial charge in [-0.3, -0.25) is 19.0 Å². The van der Waals surface area contributed by atoms with Gasteiger partial charge in [0.15, 0.2) is 6.61 Å². The lowest BCUT2D eigenvalue weighted by Crippen LogP contribution is -2.48. The number of aromatic nitrogens is 2. The quantitative estimate of drug-likeness (QED) is 0.749. The number of nitriles is 1. The number of nitrogens with one attached hydrogen (secondary N) is 1. The minimum atomic E-state index is -0.941. The molecule has 2 heterocycles. The smallest absolute Gasteiger partial charge is 0.326 e. The van der Waals surface area contributed by atoms with Crippen LogP contribution in [0.2, 0.25) is 0 Å². The van der Waals surface area contributed by atoms with E-state index >= 15 is 0 Å². The van der Waals surface area contributed by atoms with Crippen LogP contribution in [-0.4, -0.2) is 33.6 Å². The highest BCUT2D eigenvalue weighted by Gasteiger charge is 2.43. The summed E-state index contributed by atoms with van der Waals surface area (Å²) in [6, 6.07) is 2.11. The van der Waals surface area contributed by atoms with E-state index in [-0.39, 0.29) is 18.0 Å². The number of carbonyl (C=O) groups is 2. The third-order valence-corrected chi connectivity index (χ3v) is 5.96. The van der Waals surface area contributed by atoms with Crippen molar-refractivity contribution < 1.29 is 14.3 Å². The molecule has 0 bridgehead atoms. The lowest BCUT2D eigenvalue weighted by atomic mass is 9.98. The second-order valence-corrected chi connectivity index (χ2v) is 8.14. The zero-order valence-electron chi connectivity index (χ0n) is 15.4. The summed E-state index contributed by atoms with van der Waals surface area (Å²) in [6.45, 7) is 4.59. The van der Waals surface area contributed by atoms with Crippen LogP contribution >= 0.6 is 11.3 Å². The highest BCUT2D eigenvalue weighted by molar-refractivity contribution is 7.18. The number of carbonyl (C=O) groups excluding carboxylic acids is 2. The molecule has 0 saturated heterocycles. The van der Waals surface area contributed by atoms with Gasteiger partial charge in [-0.15, -0.1) is 11.3 Å². The number of aryl methyl sites for hydroxylation is 2. The van der Waals surface area contributed by atoms with Crippen LogP contribution in [-0.2, 0) is 20.9 Å². The summed E-state index contributed by atoms with van der Waals surface area (Å²) in [5.41, 5.74) is -0.400. The van der Waals surface area contributed by atoms with Crippen molar-refractivity contribution in [3.05, 3.63) is 27.1 Å². The molecule has 2 aromatic rings. The Morgan fingerprint density at radius 1 is 1.48 bits per heavy atom. The van der Waals surface area contributed by atoms with Crippen LogP contribution in [0, 0.1) is 31.1 Å². The molecule has 1 saturated carbocycles. The van der Waals surface area contributed by atoms with Crippen molar-refractivity contribution >= 4 is 33.4 Å². The molecular formula is C18H20N4O4S. The number of thiophene rings is 1. The second kappa shape index (κ2) is 7.12. The van der Waals surface area contributed by atoms with E-state index in [9.17, 15) is 19.6 Å². The predicted molar refractivity (Wildman–Crippen MR) is 99.2 cm³/mol. The fourth-order valence-electron chi connectivity index (χ4n) is 2.92. The van der Waals surface area contributed by atoms with Gasteiger partial charge in [0.05, 0.1) is 17.8 Å². The van der Waals surface area contributed by atoms with E-state index in [1.165, 1.54) is 22.2 Å². The summed E-state index contributed by atoms with van der Waals surface area (Å²) in [5, 5.41) is 12.4. The first-order chi connectivity index (χ1) is 12.7. The number of amides is 1. The van der Waals surface area contributed by atoms with Gasteiger partial charge in [0.2, 0.25) is 0 Å². The predicted octanol–water partition coefficient (Wildman–Crippen LogP) is 1.43. The maximum Gasteiger partial charge on any atom is 0.326 e. The first kappa shape index (κ1) is 19.0. The molecule has 0 radical (unpaired) electrons. The summed E-state index contributed by atoms with van der Waals surface area (Å²) in [4.78, 5) is 42.4. The topological polar surface area (TPSA) is 114 Å². The standard InChI is InChI=1S/C18H20N4O4S/c1-10-11(2)27-16-15(10)17(25)22(9-20-16)6-14(24)26-7-13(23)21-18(3,8-19)12-4-5-12/h9,12H,4-7H2,1-3H3,(H,21,23)/t18-/m0/s1. The molecule has 8 nitrogen and oxygen atoms in total. The number of rotatable bonds is 6. The molecular weight excluding hydrogens is 368 g/mol. The summed E-state index contributed by atoms with van der Waals surface area (Å²) in [6.07, 6.45) is 3.09. The van der Waals surface area contributed by atoms with Gasteiger partial charge in [0.25, 0.3) is 11.5 Å². The average Bonchev–Trinajstić information content (AvgIpc) is 3.43. The Morgan fingerprint density at radius 3 is 2.81 bits per heavy atom. The largest absolute Gasteiger partial charge is 0.454 e. The number of nitrogens with zero attached hydrogens (tertiary/aromatic N) is 3. The monoisotopic (exact) mass is 388 g/mol. The van der Waals surface area contributed by atoms with Crippen molar-refractivity contribution in [2.45, 2.75) is 45.7 Å². The normalized spacial score (nSPS) is 15.8. The lowest BCUT2D eigenvalue weighted by Gasteiger charge is -2.22. The molecule has 0 spiro atoms. The third kappa shape index (κ3) is 3.85. The van der Waals surface area contributed by atoms with Crippen molar-refractivity contribution in [3.8, 4) is 6.07 Å². The molecule has 1 atom stereocenters. The van der Waals surface area contributed by atoms with Crippen molar-refractivity contribution in [3.63, 3.8) is 0 Å². The molecule has 0 aliphatic heterocycles.